The molecule has 0 heterocycles. The number of rotatable bonds is 3. The van der Waals surface area contributed by atoms with Crippen LogP contribution in [0.3, 0.4) is 0 Å². The minimum absolute atomic E-state index is 0.0782. The normalized spacial score (nSPS) is 33.7. The summed E-state index contributed by atoms with van der Waals surface area (Å²) in [5.41, 5.74) is 0. The van der Waals surface area contributed by atoms with Crippen LogP contribution in [0.1, 0.15) is 27.7 Å². The van der Waals surface area contributed by atoms with Gasteiger partial charge in [0, 0.05) is 0 Å². The molecule has 0 spiro atoms. The van der Waals surface area contributed by atoms with Crippen LogP contribution in [0.5, 0.6) is 0 Å². The monoisotopic (exact) mass is 214 g/mol. The predicted octanol–water partition coefficient (Wildman–Crippen LogP) is 3.24. The first kappa shape index (κ1) is 11.9. The summed E-state index contributed by atoms with van der Waals surface area (Å²) < 4.78 is 5.50. The van der Waals surface area contributed by atoms with Gasteiger partial charge in [-0.25, -0.2) is 0 Å². The second-order valence-electron chi connectivity index (χ2n) is 4.19. The molecule has 0 saturated heterocycles. The van der Waals surface area contributed by atoms with Gasteiger partial charge in [-0.15, -0.1) is 0 Å². The van der Waals surface area contributed by atoms with Gasteiger partial charge in [0.25, 0.3) is 0 Å². The van der Waals surface area contributed by atoms with Crippen molar-refractivity contribution in [2.24, 2.45) is 5.92 Å². The van der Waals surface area contributed by atoms with Gasteiger partial charge in [0.05, 0.1) is 11.3 Å². The van der Waals surface area contributed by atoms with Crippen molar-refractivity contribution in [2.45, 2.75) is 39.0 Å². The van der Waals surface area contributed by atoms with Crippen molar-refractivity contribution < 1.29 is 9.42 Å². The molecule has 2 nitrogen and oxygen atoms in total. The van der Waals surface area contributed by atoms with Crippen LogP contribution in [-0.4, -0.2) is 16.2 Å². The molecule has 3 atom stereocenters. The van der Waals surface area contributed by atoms with Crippen molar-refractivity contribution in [1.29, 1.82) is 0 Å². The summed E-state index contributed by atoms with van der Waals surface area (Å²) in [5, 5.41) is -0.242. The minimum Gasteiger partial charge on any atom is -0.349 e. The van der Waals surface area contributed by atoms with E-state index >= 15 is 0 Å². The fraction of sp³-hybridized carbons (Fsp3) is 0.636. The molecule has 1 aliphatic carbocycles. The molecule has 0 amide bonds. The van der Waals surface area contributed by atoms with Gasteiger partial charge in [-0.2, -0.15) is 0 Å². The van der Waals surface area contributed by atoms with E-state index in [-0.39, 0.29) is 11.3 Å². The van der Waals surface area contributed by atoms with E-state index in [1.807, 2.05) is 39.0 Å². The van der Waals surface area contributed by atoms with Gasteiger partial charge in [-0.1, -0.05) is 31.2 Å². The average Bonchev–Trinajstić information content (AvgIpc) is 2.09. The van der Waals surface area contributed by atoms with Crippen LogP contribution in [0.25, 0.3) is 0 Å². The molecule has 1 rings (SSSR count). The first-order valence-corrected chi connectivity index (χ1v) is 6.20. The van der Waals surface area contributed by atoms with Gasteiger partial charge in [0.15, 0.2) is 8.38 Å². The van der Waals surface area contributed by atoms with E-state index < -0.39 is 8.38 Å². The van der Waals surface area contributed by atoms with E-state index in [0.29, 0.717) is 5.92 Å². The highest BCUT2D eigenvalue weighted by atomic mass is 31.2. The Bertz CT molecular complexity index is 248. The predicted molar refractivity (Wildman–Crippen MR) is 61.2 cm³/mol. The van der Waals surface area contributed by atoms with E-state index in [1.165, 1.54) is 0 Å². The first-order valence-electron chi connectivity index (χ1n) is 4.98. The lowest BCUT2D eigenvalue weighted by atomic mass is 9.91. The third kappa shape index (κ3) is 2.44. The van der Waals surface area contributed by atoms with Crippen LogP contribution < -0.4 is 0 Å². The Morgan fingerprint density at radius 1 is 1.43 bits per heavy atom. The molecule has 80 valence electrons. The minimum atomic E-state index is -1.40. The van der Waals surface area contributed by atoms with E-state index in [0.717, 1.165) is 0 Å². The maximum absolute atomic E-state index is 10.0. The molecule has 0 radical (unpaired) electrons. The zero-order chi connectivity index (χ0) is 10.8. The smallest absolute Gasteiger partial charge is 0.179 e. The van der Waals surface area contributed by atoms with Crippen LogP contribution in [0, 0.1) is 5.92 Å². The summed E-state index contributed by atoms with van der Waals surface area (Å²) in [6.07, 6.45) is 8.23. The molecular weight excluding hydrogens is 195 g/mol. The zero-order valence-electron chi connectivity index (χ0n) is 9.27. The Labute approximate surface area is 87.6 Å². The molecule has 0 aromatic rings. The van der Waals surface area contributed by atoms with Gasteiger partial charge >= 0.3 is 0 Å². The fourth-order valence-electron chi connectivity index (χ4n) is 1.38. The molecule has 1 aliphatic rings. The number of allylic oxidation sites excluding steroid dienone is 4. The van der Waals surface area contributed by atoms with Crippen molar-refractivity contribution in [1.82, 2.24) is 0 Å². The molecule has 14 heavy (non-hydrogen) atoms. The largest absolute Gasteiger partial charge is 0.349 e. The third-order valence-corrected chi connectivity index (χ3v) is 4.59. The van der Waals surface area contributed by atoms with Gasteiger partial charge < -0.3 is 9.42 Å². The quantitative estimate of drug-likeness (QED) is 0.731. The van der Waals surface area contributed by atoms with E-state index in [2.05, 4.69) is 13.0 Å². The van der Waals surface area contributed by atoms with E-state index in [1.54, 1.807) is 0 Å². The maximum Gasteiger partial charge on any atom is 0.179 e. The van der Waals surface area contributed by atoms with Crippen molar-refractivity contribution in [3.05, 3.63) is 24.3 Å². The Balaban J connectivity index is 2.73. The van der Waals surface area contributed by atoms with Crippen molar-refractivity contribution in [2.75, 3.05) is 0 Å². The standard InChI is InChI=1S/C11H19O2P/c1-9(2)13-14(12)11(4)8-6-5-7-10(11)3/h5-10,12H,1-4H3. The second-order valence-corrected chi connectivity index (χ2v) is 5.91. The first-order chi connectivity index (χ1) is 6.47. The zero-order valence-corrected chi connectivity index (χ0v) is 10.2. The third-order valence-electron chi connectivity index (χ3n) is 2.59. The van der Waals surface area contributed by atoms with Crippen LogP contribution in [0.4, 0.5) is 0 Å². The summed E-state index contributed by atoms with van der Waals surface area (Å²) in [5.74, 6) is 0.322. The Hall–Kier alpha value is -0.170. The molecule has 0 aromatic heterocycles. The molecule has 0 bridgehead atoms. The van der Waals surface area contributed by atoms with E-state index in [4.69, 9.17) is 4.52 Å². The summed E-state index contributed by atoms with van der Waals surface area (Å²) >= 11 is 0. The number of hydrogen-bond acceptors (Lipinski definition) is 2. The van der Waals surface area contributed by atoms with Crippen LogP contribution in [0.2, 0.25) is 0 Å². The summed E-state index contributed by atoms with van der Waals surface area (Å²) in [7, 11) is -1.40. The van der Waals surface area contributed by atoms with Crippen molar-refractivity contribution in [3.63, 3.8) is 0 Å². The Morgan fingerprint density at radius 2 is 2.07 bits per heavy atom. The highest BCUT2D eigenvalue weighted by molar-refractivity contribution is 7.48. The SMILES string of the molecule is CC(C)OP(O)C1(C)C=CC=CC1C. The highest BCUT2D eigenvalue weighted by Gasteiger charge is 2.38. The topological polar surface area (TPSA) is 29.5 Å². The van der Waals surface area contributed by atoms with Crippen molar-refractivity contribution in [3.8, 4) is 0 Å². The molecule has 0 aliphatic heterocycles. The van der Waals surface area contributed by atoms with Gasteiger partial charge in [0.2, 0.25) is 0 Å². The molecular formula is C11H19O2P. The molecule has 0 aromatic carbocycles. The van der Waals surface area contributed by atoms with Gasteiger partial charge in [0.1, 0.15) is 0 Å². The van der Waals surface area contributed by atoms with Gasteiger partial charge in [-0.3, -0.25) is 0 Å². The molecule has 3 unspecified atom stereocenters. The van der Waals surface area contributed by atoms with E-state index in [9.17, 15) is 4.89 Å². The molecule has 0 fully saturated rings. The van der Waals surface area contributed by atoms with Crippen LogP contribution >= 0.6 is 8.38 Å². The van der Waals surface area contributed by atoms with Crippen LogP contribution in [0.15, 0.2) is 24.3 Å². The lowest BCUT2D eigenvalue weighted by Gasteiger charge is -2.36. The summed E-state index contributed by atoms with van der Waals surface area (Å²) in [6, 6.07) is 0. The lowest BCUT2D eigenvalue weighted by Crippen LogP contribution is -2.30. The second kappa shape index (κ2) is 4.57. The van der Waals surface area contributed by atoms with Crippen LogP contribution in [-0.2, 0) is 4.52 Å². The summed E-state index contributed by atoms with van der Waals surface area (Å²) in [6.45, 7) is 8.05. The Kier molecular flexibility index (Phi) is 3.88. The molecule has 1 N–H and O–H groups in total. The maximum atomic E-state index is 10.0. The van der Waals surface area contributed by atoms with Gasteiger partial charge in [-0.05, 0) is 26.7 Å². The average molecular weight is 214 g/mol. The Morgan fingerprint density at radius 3 is 2.57 bits per heavy atom. The lowest BCUT2D eigenvalue weighted by molar-refractivity contribution is 0.226. The summed E-state index contributed by atoms with van der Waals surface area (Å²) in [4.78, 5) is 10.0. The number of hydrogen-bond donors (Lipinski definition) is 1. The highest BCUT2D eigenvalue weighted by Crippen LogP contribution is 2.54. The molecule has 3 heteroatoms. The fourth-order valence-corrected chi connectivity index (χ4v) is 2.65. The molecule has 0 saturated carbocycles. The van der Waals surface area contributed by atoms with Crippen molar-refractivity contribution >= 4 is 8.38 Å².